The van der Waals surface area contributed by atoms with Crippen LogP contribution in [-0.2, 0) is 17.8 Å². The van der Waals surface area contributed by atoms with Crippen LogP contribution in [0.3, 0.4) is 0 Å². The van der Waals surface area contributed by atoms with E-state index >= 15 is 0 Å². The summed E-state index contributed by atoms with van der Waals surface area (Å²) in [6.07, 6.45) is 2.48. The van der Waals surface area contributed by atoms with Crippen molar-refractivity contribution in [2.45, 2.75) is 13.0 Å². The van der Waals surface area contributed by atoms with E-state index < -0.39 is 0 Å². The Morgan fingerprint density at radius 2 is 1.58 bits per heavy atom. The van der Waals surface area contributed by atoms with Crippen LogP contribution >= 0.6 is 11.6 Å². The molecule has 0 aliphatic carbocycles. The van der Waals surface area contributed by atoms with Crippen molar-refractivity contribution in [2.24, 2.45) is 0 Å². The van der Waals surface area contributed by atoms with Gasteiger partial charge in [-0.3, -0.25) is 4.79 Å². The lowest BCUT2D eigenvalue weighted by molar-refractivity contribution is -0.130. The summed E-state index contributed by atoms with van der Waals surface area (Å²) in [5, 5.41) is 1.84. The van der Waals surface area contributed by atoms with Crippen molar-refractivity contribution < 1.29 is 9.18 Å². The highest BCUT2D eigenvalue weighted by atomic mass is 35.5. The quantitative estimate of drug-likeness (QED) is 0.399. The molecule has 1 fully saturated rings. The summed E-state index contributed by atoms with van der Waals surface area (Å²) in [5.41, 5.74) is 4.32. The van der Waals surface area contributed by atoms with Gasteiger partial charge in [0.2, 0.25) is 5.91 Å². The summed E-state index contributed by atoms with van der Waals surface area (Å²) >= 11 is 6.03. The molecule has 0 radical (unpaired) electrons. The third kappa shape index (κ3) is 4.74. The number of aromatic nitrogens is 1. The second-order valence-corrected chi connectivity index (χ2v) is 8.88. The number of amides is 1. The van der Waals surface area contributed by atoms with E-state index in [1.54, 1.807) is 12.1 Å². The van der Waals surface area contributed by atoms with Crippen molar-refractivity contribution in [2.75, 3.05) is 31.1 Å². The second-order valence-electron chi connectivity index (χ2n) is 8.45. The monoisotopic (exact) mass is 461 g/mol. The molecule has 0 saturated carbocycles. The number of anilines is 1. The summed E-state index contributed by atoms with van der Waals surface area (Å²) in [5.74, 6) is -0.0917. The molecular formula is C27H25ClFN3O. The number of hydrogen-bond acceptors (Lipinski definition) is 2. The first-order chi connectivity index (χ1) is 16.1. The molecule has 0 atom stereocenters. The van der Waals surface area contributed by atoms with E-state index in [1.165, 1.54) is 12.1 Å². The number of nitrogens with zero attached hydrogens (tertiary/aromatic N) is 3. The summed E-state index contributed by atoms with van der Waals surface area (Å²) < 4.78 is 15.4. The zero-order valence-corrected chi connectivity index (χ0v) is 19.0. The largest absolute Gasteiger partial charge is 0.368 e. The molecule has 3 aromatic carbocycles. The fraction of sp³-hybridized carbons (Fsp3) is 0.222. The second kappa shape index (κ2) is 9.28. The third-order valence-electron chi connectivity index (χ3n) is 6.30. The number of carbonyl (C=O) groups excluding carboxylic acids is 1. The highest BCUT2D eigenvalue weighted by Gasteiger charge is 2.22. The van der Waals surface area contributed by atoms with Crippen molar-refractivity contribution in [1.29, 1.82) is 0 Å². The highest BCUT2D eigenvalue weighted by Crippen LogP contribution is 2.24. The van der Waals surface area contributed by atoms with Gasteiger partial charge in [-0.05, 0) is 53.6 Å². The standard InChI is InChI=1S/C27H25ClFN3O/c28-22-7-5-20(6-8-22)18-32-19-21(25-3-1-2-4-26(25)32)17-27(33)31-15-13-30(14-16-31)24-11-9-23(29)10-12-24/h1-12,19H,13-18H2. The fourth-order valence-corrected chi connectivity index (χ4v) is 4.65. The fourth-order valence-electron chi connectivity index (χ4n) is 4.52. The normalized spacial score (nSPS) is 14.1. The van der Waals surface area contributed by atoms with Gasteiger partial charge in [0, 0.05) is 60.5 Å². The van der Waals surface area contributed by atoms with E-state index in [0.717, 1.165) is 52.4 Å². The van der Waals surface area contributed by atoms with Crippen LogP contribution in [0.4, 0.5) is 10.1 Å². The van der Waals surface area contributed by atoms with Crippen LogP contribution in [0.5, 0.6) is 0 Å². The SMILES string of the molecule is O=C(Cc1cn(Cc2ccc(Cl)cc2)c2ccccc12)N1CCN(c2ccc(F)cc2)CC1. The minimum Gasteiger partial charge on any atom is -0.368 e. The molecule has 33 heavy (non-hydrogen) atoms. The molecule has 5 rings (SSSR count). The summed E-state index contributed by atoms with van der Waals surface area (Å²) in [4.78, 5) is 17.3. The van der Waals surface area contributed by atoms with E-state index in [9.17, 15) is 9.18 Å². The molecule has 4 nitrogen and oxygen atoms in total. The Morgan fingerprint density at radius 1 is 0.879 bits per heavy atom. The molecule has 0 N–H and O–H groups in total. The van der Waals surface area contributed by atoms with Gasteiger partial charge in [0.05, 0.1) is 6.42 Å². The molecule has 0 bridgehead atoms. The first-order valence-corrected chi connectivity index (χ1v) is 11.5. The maximum absolute atomic E-state index is 13.2. The van der Waals surface area contributed by atoms with Crippen LogP contribution in [0.25, 0.3) is 10.9 Å². The molecule has 1 aliphatic heterocycles. The number of hydrogen-bond donors (Lipinski definition) is 0. The number of para-hydroxylation sites is 1. The summed E-state index contributed by atoms with van der Waals surface area (Å²) in [6, 6.07) is 22.6. The molecule has 2 heterocycles. The van der Waals surface area contributed by atoms with Crippen LogP contribution in [0.1, 0.15) is 11.1 Å². The number of fused-ring (bicyclic) bond motifs is 1. The first-order valence-electron chi connectivity index (χ1n) is 11.2. The maximum Gasteiger partial charge on any atom is 0.227 e. The molecule has 1 aliphatic rings. The van der Waals surface area contributed by atoms with Crippen molar-refractivity contribution in [3.8, 4) is 0 Å². The van der Waals surface area contributed by atoms with Crippen LogP contribution in [-0.4, -0.2) is 41.6 Å². The highest BCUT2D eigenvalue weighted by molar-refractivity contribution is 6.30. The van der Waals surface area contributed by atoms with Crippen molar-refractivity contribution in [1.82, 2.24) is 9.47 Å². The van der Waals surface area contributed by atoms with Gasteiger partial charge in [-0.25, -0.2) is 4.39 Å². The molecule has 1 aromatic heterocycles. The minimum atomic E-state index is -0.234. The zero-order valence-electron chi connectivity index (χ0n) is 18.3. The van der Waals surface area contributed by atoms with Crippen LogP contribution in [0.15, 0.2) is 79.0 Å². The Labute approximate surface area is 197 Å². The van der Waals surface area contributed by atoms with Crippen LogP contribution in [0, 0.1) is 5.82 Å². The number of rotatable bonds is 5. The van der Waals surface area contributed by atoms with Gasteiger partial charge in [-0.2, -0.15) is 0 Å². The molecule has 6 heteroatoms. The van der Waals surface area contributed by atoms with E-state index in [0.29, 0.717) is 19.5 Å². The predicted octanol–water partition coefficient (Wildman–Crippen LogP) is 5.37. The smallest absolute Gasteiger partial charge is 0.227 e. The van der Waals surface area contributed by atoms with Gasteiger partial charge in [-0.1, -0.05) is 41.9 Å². The number of benzene rings is 3. The molecule has 0 spiro atoms. The summed E-state index contributed by atoms with van der Waals surface area (Å²) in [7, 11) is 0. The van der Waals surface area contributed by atoms with Crippen LogP contribution in [0.2, 0.25) is 5.02 Å². The van der Waals surface area contributed by atoms with Crippen LogP contribution < -0.4 is 4.90 Å². The minimum absolute atomic E-state index is 0.142. The molecular weight excluding hydrogens is 437 g/mol. The molecule has 1 amide bonds. The number of piperazine rings is 1. The Kier molecular flexibility index (Phi) is 6.05. The predicted molar refractivity (Wildman–Crippen MR) is 131 cm³/mol. The molecule has 1 saturated heterocycles. The van der Waals surface area contributed by atoms with Crippen molar-refractivity contribution in [3.05, 3.63) is 101 Å². The van der Waals surface area contributed by atoms with Gasteiger partial charge >= 0.3 is 0 Å². The van der Waals surface area contributed by atoms with Gasteiger partial charge in [-0.15, -0.1) is 0 Å². The Morgan fingerprint density at radius 3 is 2.30 bits per heavy atom. The Hall–Kier alpha value is -3.31. The van der Waals surface area contributed by atoms with Gasteiger partial charge in [0.25, 0.3) is 0 Å². The molecule has 0 unspecified atom stereocenters. The average molecular weight is 462 g/mol. The zero-order chi connectivity index (χ0) is 22.8. The lowest BCUT2D eigenvalue weighted by Crippen LogP contribution is -2.49. The summed E-state index contributed by atoms with van der Waals surface area (Å²) in [6.45, 7) is 3.55. The molecule has 4 aromatic rings. The average Bonchev–Trinajstić information content (AvgIpc) is 3.18. The van der Waals surface area contributed by atoms with E-state index in [4.69, 9.17) is 11.6 Å². The van der Waals surface area contributed by atoms with Gasteiger partial charge < -0.3 is 14.4 Å². The lowest BCUT2D eigenvalue weighted by Gasteiger charge is -2.36. The first kappa shape index (κ1) is 21.5. The van der Waals surface area contributed by atoms with Gasteiger partial charge in [0.15, 0.2) is 0 Å². The maximum atomic E-state index is 13.2. The lowest BCUT2D eigenvalue weighted by atomic mass is 10.1. The number of halogens is 2. The van der Waals surface area contributed by atoms with Crippen molar-refractivity contribution in [3.63, 3.8) is 0 Å². The van der Waals surface area contributed by atoms with E-state index in [-0.39, 0.29) is 11.7 Å². The topological polar surface area (TPSA) is 28.5 Å². The van der Waals surface area contributed by atoms with E-state index in [1.807, 2.05) is 41.3 Å². The Bertz CT molecular complexity index is 1260. The van der Waals surface area contributed by atoms with Gasteiger partial charge in [0.1, 0.15) is 5.82 Å². The molecule has 168 valence electrons. The Balaban J connectivity index is 1.28. The van der Waals surface area contributed by atoms with Crippen molar-refractivity contribution >= 4 is 34.1 Å². The van der Waals surface area contributed by atoms with E-state index in [2.05, 4.69) is 27.8 Å². The third-order valence-corrected chi connectivity index (χ3v) is 6.56. The number of carbonyl (C=O) groups is 1.